The fourth-order valence-corrected chi connectivity index (χ4v) is 4.06. The van der Waals surface area contributed by atoms with Gasteiger partial charge < -0.3 is 15.1 Å². The second-order valence-corrected chi connectivity index (χ2v) is 7.89. The van der Waals surface area contributed by atoms with Crippen molar-refractivity contribution < 1.29 is 4.39 Å². The first-order chi connectivity index (χ1) is 12.1. The van der Waals surface area contributed by atoms with Gasteiger partial charge in [0.1, 0.15) is 5.82 Å². The van der Waals surface area contributed by atoms with E-state index in [2.05, 4.69) is 33.9 Å². The molecule has 0 spiro atoms. The number of piperazine rings is 1. The number of halogens is 1. The molecular formula is C19H27FN4S. The van der Waals surface area contributed by atoms with E-state index in [-0.39, 0.29) is 11.9 Å². The van der Waals surface area contributed by atoms with Gasteiger partial charge in [0.2, 0.25) is 0 Å². The van der Waals surface area contributed by atoms with E-state index >= 15 is 0 Å². The van der Waals surface area contributed by atoms with Gasteiger partial charge in [0.25, 0.3) is 0 Å². The van der Waals surface area contributed by atoms with E-state index in [9.17, 15) is 4.39 Å². The minimum absolute atomic E-state index is 0.0808. The van der Waals surface area contributed by atoms with Crippen molar-refractivity contribution in [1.29, 1.82) is 0 Å². The van der Waals surface area contributed by atoms with Crippen LogP contribution < -0.4 is 10.2 Å². The van der Waals surface area contributed by atoms with Crippen LogP contribution in [0.2, 0.25) is 0 Å². The molecular weight excluding hydrogens is 335 g/mol. The van der Waals surface area contributed by atoms with E-state index in [0.29, 0.717) is 0 Å². The number of nitrogens with zero attached hydrogens (tertiary/aromatic N) is 3. The predicted octanol–water partition coefficient (Wildman–Crippen LogP) is 3.58. The molecule has 0 aliphatic carbocycles. The molecule has 25 heavy (non-hydrogen) atoms. The SMILES string of the molecule is CCN1CCN(c2ccc(F)cc2C(C)NCc2cnc(C)s2)CC1. The van der Waals surface area contributed by atoms with Gasteiger partial charge in [-0.3, -0.25) is 0 Å². The Bertz CT molecular complexity index is 694. The van der Waals surface area contributed by atoms with Gasteiger partial charge in [-0.1, -0.05) is 6.92 Å². The number of aromatic nitrogens is 1. The number of likely N-dealkylation sites (N-methyl/N-ethyl adjacent to an activating group) is 1. The van der Waals surface area contributed by atoms with Crippen LogP contribution in [0.15, 0.2) is 24.4 Å². The van der Waals surface area contributed by atoms with Crippen LogP contribution in [0.1, 0.15) is 35.3 Å². The molecule has 1 aliphatic heterocycles. The molecule has 6 heteroatoms. The smallest absolute Gasteiger partial charge is 0.123 e. The molecule has 2 aromatic rings. The van der Waals surface area contributed by atoms with Crippen molar-refractivity contribution in [2.45, 2.75) is 33.4 Å². The van der Waals surface area contributed by atoms with Crippen molar-refractivity contribution in [2.24, 2.45) is 0 Å². The number of aryl methyl sites for hydroxylation is 1. The summed E-state index contributed by atoms with van der Waals surface area (Å²) >= 11 is 1.70. The van der Waals surface area contributed by atoms with E-state index in [1.54, 1.807) is 23.5 Å². The highest BCUT2D eigenvalue weighted by Gasteiger charge is 2.21. The Morgan fingerprint density at radius 2 is 2.04 bits per heavy atom. The summed E-state index contributed by atoms with van der Waals surface area (Å²) in [6.45, 7) is 12.3. The minimum atomic E-state index is -0.173. The third-order valence-corrected chi connectivity index (χ3v) is 5.78. The molecule has 1 aliphatic rings. The maximum Gasteiger partial charge on any atom is 0.123 e. The molecule has 1 N–H and O–H groups in total. The van der Waals surface area contributed by atoms with Gasteiger partial charge in [-0.05, 0) is 44.2 Å². The van der Waals surface area contributed by atoms with Gasteiger partial charge in [0.05, 0.1) is 5.01 Å². The maximum atomic E-state index is 13.9. The van der Waals surface area contributed by atoms with E-state index < -0.39 is 0 Å². The van der Waals surface area contributed by atoms with Crippen LogP contribution in [0.25, 0.3) is 0 Å². The van der Waals surface area contributed by atoms with Gasteiger partial charge in [0.15, 0.2) is 0 Å². The number of hydrogen-bond acceptors (Lipinski definition) is 5. The number of hydrogen-bond donors (Lipinski definition) is 1. The fourth-order valence-electron chi connectivity index (χ4n) is 3.32. The first kappa shape index (κ1) is 18.3. The van der Waals surface area contributed by atoms with Gasteiger partial charge in [-0.2, -0.15) is 0 Å². The first-order valence-corrected chi connectivity index (χ1v) is 9.80. The molecule has 1 aromatic carbocycles. The Morgan fingerprint density at radius 3 is 2.68 bits per heavy atom. The van der Waals surface area contributed by atoms with Gasteiger partial charge in [0, 0.05) is 55.5 Å². The van der Waals surface area contributed by atoms with Crippen LogP contribution in [0.5, 0.6) is 0 Å². The summed E-state index contributed by atoms with van der Waals surface area (Å²) in [6.07, 6.45) is 1.91. The quantitative estimate of drug-likeness (QED) is 0.851. The molecule has 0 amide bonds. The van der Waals surface area contributed by atoms with Crippen LogP contribution in [0, 0.1) is 12.7 Å². The molecule has 136 valence electrons. The molecule has 1 aromatic heterocycles. The average Bonchev–Trinajstić information content (AvgIpc) is 3.05. The highest BCUT2D eigenvalue weighted by atomic mass is 32.1. The highest BCUT2D eigenvalue weighted by Crippen LogP contribution is 2.29. The summed E-state index contributed by atoms with van der Waals surface area (Å²) in [5, 5.41) is 4.60. The number of thiazole rings is 1. The molecule has 0 saturated carbocycles. The van der Waals surface area contributed by atoms with Crippen molar-refractivity contribution in [1.82, 2.24) is 15.2 Å². The maximum absolute atomic E-state index is 13.9. The lowest BCUT2D eigenvalue weighted by atomic mass is 10.0. The van der Waals surface area contributed by atoms with Crippen molar-refractivity contribution in [2.75, 3.05) is 37.6 Å². The normalized spacial score (nSPS) is 17.0. The lowest BCUT2D eigenvalue weighted by Gasteiger charge is -2.37. The van der Waals surface area contributed by atoms with Crippen LogP contribution in [0.3, 0.4) is 0 Å². The molecule has 0 radical (unpaired) electrons. The summed E-state index contributed by atoms with van der Waals surface area (Å²) < 4.78 is 13.9. The lowest BCUT2D eigenvalue weighted by Crippen LogP contribution is -2.46. The summed E-state index contributed by atoms with van der Waals surface area (Å²) in [5.74, 6) is -0.173. The lowest BCUT2D eigenvalue weighted by molar-refractivity contribution is 0.271. The molecule has 0 bridgehead atoms. The van der Waals surface area contributed by atoms with E-state index in [4.69, 9.17) is 0 Å². The molecule has 1 saturated heterocycles. The van der Waals surface area contributed by atoms with Crippen LogP contribution in [-0.4, -0.2) is 42.6 Å². The van der Waals surface area contributed by atoms with Crippen molar-refractivity contribution in [3.8, 4) is 0 Å². The summed E-state index contributed by atoms with van der Waals surface area (Å²) in [7, 11) is 0. The van der Waals surface area contributed by atoms with Crippen molar-refractivity contribution >= 4 is 17.0 Å². The van der Waals surface area contributed by atoms with E-state index in [1.165, 1.54) is 4.88 Å². The van der Waals surface area contributed by atoms with Crippen molar-refractivity contribution in [3.05, 3.63) is 45.7 Å². The Morgan fingerprint density at radius 1 is 1.28 bits per heavy atom. The Hall–Kier alpha value is -1.50. The molecule has 4 nitrogen and oxygen atoms in total. The van der Waals surface area contributed by atoms with Crippen LogP contribution in [0.4, 0.5) is 10.1 Å². The van der Waals surface area contributed by atoms with Gasteiger partial charge >= 0.3 is 0 Å². The zero-order chi connectivity index (χ0) is 17.8. The highest BCUT2D eigenvalue weighted by molar-refractivity contribution is 7.11. The topological polar surface area (TPSA) is 31.4 Å². The molecule has 1 fully saturated rings. The van der Waals surface area contributed by atoms with Gasteiger partial charge in [-0.15, -0.1) is 11.3 Å². The zero-order valence-corrected chi connectivity index (χ0v) is 16.1. The number of benzene rings is 1. The average molecular weight is 363 g/mol. The minimum Gasteiger partial charge on any atom is -0.369 e. The number of rotatable bonds is 6. The standard InChI is InChI=1S/C19H27FN4S/c1-4-23-7-9-24(10-8-23)19-6-5-16(20)11-18(19)14(2)21-12-17-13-22-15(3)25-17/h5-6,11,13-14,21H,4,7-10,12H2,1-3H3. The van der Waals surface area contributed by atoms with Crippen LogP contribution >= 0.6 is 11.3 Å². The summed E-state index contributed by atoms with van der Waals surface area (Å²) in [6, 6.07) is 5.26. The molecule has 2 heterocycles. The summed E-state index contributed by atoms with van der Waals surface area (Å²) in [5.41, 5.74) is 2.18. The monoisotopic (exact) mass is 362 g/mol. The van der Waals surface area contributed by atoms with Crippen LogP contribution in [-0.2, 0) is 6.54 Å². The predicted molar refractivity (Wildman–Crippen MR) is 103 cm³/mol. The third-order valence-electron chi connectivity index (χ3n) is 4.87. The first-order valence-electron chi connectivity index (χ1n) is 8.98. The Kier molecular flexibility index (Phi) is 6.04. The second-order valence-electron chi connectivity index (χ2n) is 6.57. The third kappa shape index (κ3) is 4.57. The second kappa shape index (κ2) is 8.25. The number of anilines is 1. The summed E-state index contributed by atoms with van der Waals surface area (Å²) in [4.78, 5) is 10.3. The van der Waals surface area contributed by atoms with Crippen molar-refractivity contribution in [3.63, 3.8) is 0 Å². The van der Waals surface area contributed by atoms with E-state index in [0.717, 1.165) is 55.5 Å². The molecule has 1 atom stereocenters. The largest absolute Gasteiger partial charge is 0.369 e. The zero-order valence-electron chi connectivity index (χ0n) is 15.3. The fraction of sp³-hybridized carbons (Fsp3) is 0.526. The Labute approximate surface area is 153 Å². The molecule has 3 rings (SSSR count). The molecule has 1 unspecified atom stereocenters. The van der Waals surface area contributed by atoms with E-state index in [1.807, 2.05) is 19.2 Å². The Balaban J connectivity index is 1.72. The van der Waals surface area contributed by atoms with Gasteiger partial charge in [-0.25, -0.2) is 9.37 Å². The number of nitrogens with one attached hydrogen (secondary N) is 1.